The standard InChI is InChI=1S/C20H28O5/c1-15(6-3-9-17-12-19(22)25-14-17)7-4-10-18(20(23)24)11-5-8-16(2)13-21/h6,8,10,12,21H,3-5,7,9,11,13-14H2,1-2H3,(H,23,24). The van der Waals surface area contributed by atoms with Gasteiger partial charge in [-0.2, -0.15) is 0 Å². The van der Waals surface area contributed by atoms with Gasteiger partial charge < -0.3 is 14.9 Å². The smallest absolute Gasteiger partial charge is 0.331 e. The number of hydrogen-bond acceptors (Lipinski definition) is 4. The Bertz CT molecular complexity index is 593. The summed E-state index contributed by atoms with van der Waals surface area (Å²) in [6.07, 6.45) is 11.6. The molecule has 0 atom stereocenters. The van der Waals surface area contributed by atoms with Gasteiger partial charge in [-0.3, -0.25) is 0 Å². The molecule has 138 valence electrons. The first-order valence-corrected chi connectivity index (χ1v) is 8.63. The summed E-state index contributed by atoms with van der Waals surface area (Å²) in [5, 5.41) is 18.2. The Morgan fingerprint density at radius 2 is 1.80 bits per heavy atom. The van der Waals surface area contributed by atoms with Crippen LogP contribution in [0.25, 0.3) is 0 Å². The number of carbonyl (C=O) groups excluding carboxylic acids is 1. The predicted molar refractivity (Wildman–Crippen MR) is 97.1 cm³/mol. The van der Waals surface area contributed by atoms with E-state index in [1.807, 2.05) is 19.9 Å². The molecule has 1 aliphatic heterocycles. The molecule has 0 fully saturated rings. The van der Waals surface area contributed by atoms with Crippen LogP contribution in [0.15, 0.2) is 46.6 Å². The molecule has 0 aliphatic carbocycles. The molecule has 1 heterocycles. The molecule has 0 aromatic carbocycles. The molecular weight excluding hydrogens is 320 g/mol. The van der Waals surface area contributed by atoms with Crippen LogP contribution in [0, 0.1) is 0 Å². The molecule has 0 amide bonds. The van der Waals surface area contributed by atoms with E-state index in [2.05, 4.69) is 6.08 Å². The fourth-order valence-corrected chi connectivity index (χ4v) is 2.47. The molecule has 0 bridgehead atoms. The lowest BCUT2D eigenvalue weighted by molar-refractivity contribution is -0.135. The lowest BCUT2D eigenvalue weighted by Gasteiger charge is -2.03. The van der Waals surface area contributed by atoms with Gasteiger partial charge in [0.05, 0.1) is 6.61 Å². The summed E-state index contributed by atoms with van der Waals surface area (Å²) in [5.74, 6) is -1.14. The summed E-state index contributed by atoms with van der Waals surface area (Å²) in [4.78, 5) is 22.2. The largest absolute Gasteiger partial charge is 0.478 e. The molecule has 0 aromatic heterocycles. The summed E-state index contributed by atoms with van der Waals surface area (Å²) >= 11 is 0. The summed E-state index contributed by atoms with van der Waals surface area (Å²) in [5.41, 5.74) is 3.51. The van der Waals surface area contributed by atoms with Gasteiger partial charge in [0.1, 0.15) is 6.61 Å². The third-order valence-corrected chi connectivity index (χ3v) is 4.04. The Morgan fingerprint density at radius 1 is 1.12 bits per heavy atom. The number of aliphatic hydroxyl groups excluding tert-OH is 1. The van der Waals surface area contributed by atoms with Crippen LogP contribution in [0.3, 0.4) is 0 Å². The van der Waals surface area contributed by atoms with Crippen molar-refractivity contribution in [3.05, 3.63) is 46.6 Å². The molecule has 0 unspecified atom stereocenters. The zero-order valence-corrected chi connectivity index (χ0v) is 15.1. The lowest BCUT2D eigenvalue weighted by atomic mass is 10.0. The van der Waals surface area contributed by atoms with Gasteiger partial charge in [0.15, 0.2) is 0 Å². The Labute approximate surface area is 149 Å². The van der Waals surface area contributed by atoms with Crippen molar-refractivity contribution >= 4 is 11.9 Å². The maximum Gasteiger partial charge on any atom is 0.331 e. The molecule has 0 spiro atoms. The van der Waals surface area contributed by atoms with Crippen LogP contribution >= 0.6 is 0 Å². The molecule has 0 saturated carbocycles. The fourth-order valence-electron chi connectivity index (χ4n) is 2.47. The number of esters is 1. The molecule has 2 N–H and O–H groups in total. The Kier molecular flexibility index (Phi) is 9.55. The van der Waals surface area contributed by atoms with E-state index in [4.69, 9.17) is 9.84 Å². The van der Waals surface area contributed by atoms with Crippen LogP contribution in [0.4, 0.5) is 0 Å². The topological polar surface area (TPSA) is 83.8 Å². The average Bonchev–Trinajstić information content (AvgIpc) is 2.98. The van der Waals surface area contributed by atoms with E-state index in [0.717, 1.165) is 30.4 Å². The lowest BCUT2D eigenvalue weighted by Crippen LogP contribution is -2.00. The van der Waals surface area contributed by atoms with Crippen molar-refractivity contribution in [3.63, 3.8) is 0 Å². The quantitative estimate of drug-likeness (QED) is 0.338. The number of rotatable bonds is 11. The molecule has 0 aromatic rings. The Balaban J connectivity index is 2.38. The number of aliphatic hydroxyl groups is 1. The van der Waals surface area contributed by atoms with Crippen molar-refractivity contribution in [2.75, 3.05) is 13.2 Å². The van der Waals surface area contributed by atoms with Gasteiger partial charge in [-0.25, -0.2) is 9.59 Å². The van der Waals surface area contributed by atoms with E-state index < -0.39 is 5.97 Å². The number of carboxylic acid groups (broad SMARTS) is 1. The maximum atomic E-state index is 11.3. The Hall–Kier alpha value is -2.14. The van der Waals surface area contributed by atoms with E-state index in [1.165, 1.54) is 5.57 Å². The second-order valence-corrected chi connectivity index (χ2v) is 6.32. The van der Waals surface area contributed by atoms with Crippen LogP contribution in [-0.4, -0.2) is 35.4 Å². The van der Waals surface area contributed by atoms with E-state index in [9.17, 15) is 14.7 Å². The minimum Gasteiger partial charge on any atom is -0.478 e. The highest BCUT2D eigenvalue weighted by atomic mass is 16.5. The van der Waals surface area contributed by atoms with Crippen LogP contribution in [0.1, 0.15) is 52.4 Å². The summed E-state index contributed by atoms with van der Waals surface area (Å²) in [6, 6.07) is 0. The van der Waals surface area contributed by atoms with Crippen LogP contribution < -0.4 is 0 Å². The molecule has 1 aliphatic rings. The predicted octanol–water partition coefficient (Wildman–Crippen LogP) is 3.71. The van der Waals surface area contributed by atoms with E-state index in [-0.39, 0.29) is 12.6 Å². The van der Waals surface area contributed by atoms with Gasteiger partial charge in [0, 0.05) is 11.6 Å². The maximum absolute atomic E-state index is 11.3. The highest BCUT2D eigenvalue weighted by molar-refractivity contribution is 5.86. The minimum absolute atomic E-state index is 0.00724. The van der Waals surface area contributed by atoms with Crippen LogP contribution in [0.5, 0.6) is 0 Å². The van der Waals surface area contributed by atoms with E-state index in [0.29, 0.717) is 31.4 Å². The van der Waals surface area contributed by atoms with Crippen LogP contribution in [-0.2, 0) is 14.3 Å². The monoisotopic (exact) mass is 348 g/mol. The third-order valence-electron chi connectivity index (χ3n) is 4.04. The van der Waals surface area contributed by atoms with Gasteiger partial charge in [-0.1, -0.05) is 29.4 Å². The number of ether oxygens (including phenoxy) is 1. The first-order valence-electron chi connectivity index (χ1n) is 8.63. The number of carbonyl (C=O) groups is 2. The summed E-state index contributed by atoms with van der Waals surface area (Å²) in [6.45, 7) is 4.27. The van der Waals surface area contributed by atoms with E-state index in [1.54, 1.807) is 12.2 Å². The summed E-state index contributed by atoms with van der Waals surface area (Å²) in [7, 11) is 0. The van der Waals surface area contributed by atoms with Crippen molar-refractivity contribution in [2.45, 2.75) is 52.4 Å². The minimum atomic E-state index is -0.880. The number of cyclic esters (lactones) is 1. The van der Waals surface area contributed by atoms with E-state index >= 15 is 0 Å². The molecule has 0 saturated heterocycles. The fraction of sp³-hybridized carbons (Fsp3) is 0.500. The molecule has 5 heteroatoms. The van der Waals surface area contributed by atoms with Gasteiger partial charge in [0.25, 0.3) is 0 Å². The SMILES string of the molecule is CC(=CCCC(=CCCC(C)=CCCC1=CC(=O)OC1)C(=O)O)CO. The highest BCUT2D eigenvalue weighted by Crippen LogP contribution is 2.16. The number of allylic oxidation sites excluding steroid dienone is 4. The zero-order valence-electron chi connectivity index (χ0n) is 15.1. The molecule has 1 rings (SSSR count). The van der Waals surface area contributed by atoms with Crippen LogP contribution in [0.2, 0.25) is 0 Å². The average molecular weight is 348 g/mol. The first kappa shape index (κ1) is 20.9. The van der Waals surface area contributed by atoms with Crippen molar-refractivity contribution < 1.29 is 24.5 Å². The van der Waals surface area contributed by atoms with Gasteiger partial charge in [0.2, 0.25) is 0 Å². The van der Waals surface area contributed by atoms with Gasteiger partial charge >= 0.3 is 11.9 Å². The normalized spacial score (nSPS) is 16.0. The van der Waals surface area contributed by atoms with Crippen molar-refractivity contribution in [1.29, 1.82) is 0 Å². The van der Waals surface area contributed by atoms with Crippen molar-refractivity contribution in [2.24, 2.45) is 0 Å². The van der Waals surface area contributed by atoms with Gasteiger partial charge in [-0.15, -0.1) is 0 Å². The second-order valence-electron chi connectivity index (χ2n) is 6.32. The Morgan fingerprint density at radius 3 is 2.40 bits per heavy atom. The number of hydrogen-bond donors (Lipinski definition) is 2. The highest BCUT2D eigenvalue weighted by Gasteiger charge is 2.11. The summed E-state index contributed by atoms with van der Waals surface area (Å²) < 4.78 is 4.86. The number of carboxylic acids is 1. The number of aliphatic carboxylic acids is 1. The molecule has 25 heavy (non-hydrogen) atoms. The molecule has 0 radical (unpaired) electrons. The second kappa shape index (κ2) is 11.4. The molecule has 5 nitrogen and oxygen atoms in total. The third kappa shape index (κ3) is 9.05. The molecular formula is C20H28O5. The van der Waals surface area contributed by atoms with Gasteiger partial charge in [-0.05, 0) is 57.9 Å². The van der Waals surface area contributed by atoms with Crippen molar-refractivity contribution in [1.82, 2.24) is 0 Å². The zero-order chi connectivity index (χ0) is 18.7. The first-order chi connectivity index (χ1) is 11.9. The van der Waals surface area contributed by atoms with Crippen molar-refractivity contribution in [3.8, 4) is 0 Å².